The molecule has 0 bridgehead atoms. The standard InChI is InChI=1S/C32H33N5O3S/c1-20-9-7-11-24(17-20)34-28(38)14-16-36-30(29(35-32(36)41)27-13-5-6-15-33-27)26-18-21(2)37(22(26)3)25-12-8-10-23(19-25)31(39)40-4/h5-13,15,17-19,29-30H,14,16H2,1-4H3,(H,34,38)(H,35,41)/t29-,30-/m0/s1. The Bertz CT molecular complexity index is 1600. The van der Waals surface area contributed by atoms with Crippen molar-refractivity contribution in [3.05, 3.63) is 113 Å². The number of nitrogens with one attached hydrogen (secondary N) is 2. The third kappa shape index (κ3) is 5.85. The van der Waals surface area contributed by atoms with Gasteiger partial charge in [0.1, 0.15) is 0 Å². The predicted molar refractivity (Wildman–Crippen MR) is 163 cm³/mol. The number of benzene rings is 2. The summed E-state index contributed by atoms with van der Waals surface area (Å²) < 4.78 is 7.06. The number of carbonyl (C=O) groups is 2. The number of hydrogen-bond donors (Lipinski definition) is 2. The van der Waals surface area contributed by atoms with Crippen LogP contribution in [0.15, 0.2) is 79.0 Å². The average molecular weight is 568 g/mol. The van der Waals surface area contributed by atoms with Crippen molar-refractivity contribution < 1.29 is 14.3 Å². The molecule has 3 heterocycles. The SMILES string of the molecule is COC(=O)c1cccc(-n2c(C)cc([C@H]3[C@H](c4ccccn4)NC(=S)N3CCC(=O)Nc3cccc(C)c3)c2C)c1. The van der Waals surface area contributed by atoms with E-state index in [1.54, 1.807) is 12.3 Å². The molecule has 2 aromatic carbocycles. The van der Waals surface area contributed by atoms with Crippen LogP contribution in [0.5, 0.6) is 0 Å². The zero-order chi connectivity index (χ0) is 29.1. The van der Waals surface area contributed by atoms with Gasteiger partial charge in [0.05, 0.1) is 30.5 Å². The third-order valence-corrected chi connectivity index (χ3v) is 7.75. The van der Waals surface area contributed by atoms with Gasteiger partial charge < -0.3 is 24.8 Å². The first kappa shape index (κ1) is 28.0. The minimum atomic E-state index is -0.384. The van der Waals surface area contributed by atoms with Crippen LogP contribution in [0.4, 0.5) is 5.69 Å². The fourth-order valence-corrected chi connectivity index (χ4v) is 5.86. The minimum Gasteiger partial charge on any atom is -0.465 e. The number of aryl methyl sites for hydroxylation is 2. The van der Waals surface area contributed by atoms with E-state index in [4.69, 9.17) is 17.0 Å². The molecule has 0 saturated carbocycles. The Kier molecular flexibility index (Phi) is 8.16. The van der Waals surface area contributed by atoms with Crippen LogP contribution in [0.2, 0.25) is 0 Å². The molecule has 1 aliphatic rings. The highest BCUT2D eigenvalue weighted by molar-refractivity contribution is 7.80. The number of methoxy groups -OCH3 is 1. The van der Waals surface area contributed by atoms with Crippen molar-refractivity contribution in [2.45, 2.75) is 39.3 Å². The van der Waals surface area contributed by atoms with Crippen LogP contribution < -0.4 is 10.6 Å². The summed E-state index contributed by atoms with van der Waals surface area (Å²) in [4.78, 5) is 31.9. The molecule has 41 heavy (non-hydrogen) atoms. The van der Waals surface area contributed by atoms with Gasteiger partial charge in [0.15, 0.2) is 5.11 Å². The molecule has 4 aromatic rings. The lowest BCUT2D eigenvalue weighted by molar-refractivity contribution is -0.116. The summed E-state index contributed by atoms with van der Waals surface area (Å²) in [6, 6.07) is 22.7. The molecule has 0 unspecified atom stereocenters. The number of amides is 1. The zero-order valence-electron chi connectivity index (χ0n) is 23.5. The number of anilines is 1. The van der Waals surface area contributed by atoms with E-state index in [1.807, 2.05) is 74.5 Å². The smallest absolute Gasteiger partial charge is 0.337 e. The maximum absolute atomic E-state index is 12.9. The quantitative estimate of drug-likeness (QED) is 0.212. The highest BCUT2D eigenvalue weighted by Crippen LogP contribution is 2.41. The van der Waals surface area contributed by atoms with Crippen molar-refractivity contribution in [2.75, 3.05) is 19.0 Å². The van der Waals surface area contributed by atoms with E-state index in [2.05, 4.69) is 38.1 Å². The topological polar surface area (TPSA) is 88.5 Å². The molecule has 1 aliphatic heterocycles. The molecule has 0 aliphatic carbocycles. The van der Waals surface area contributed by atoms with Crippen molar-refractivity contribution in [1.29, 1.82) is 0 Å². The number of thiocarbonyl (C=S) groups is 1. The van der Waals surface area contributed by atoms with Gasteiger partial charge in [0.25, 0.3) is 0 Å². The van der Waals surface area contributed by atoms with Gasteiger partial charge >= 0.3 is 5.97 Å². The first-order valence-corrected chi connectivity index (χ1v) is 13.9. The zero-order valence-corrected chi connectivity index (χ0v) is 24.4. The molecular weight excluding hydrogens is 534 g/mol. The van der Waals surface area contributed by atoms with Gasteiger partial charge in [-0.1, -0.05) is 24.3 Å². The second-order valence-electron chi connectivity index (χ2n) is 10.2. The Hall–Kier alpha value is -4.50. The number of aromatic nitrogens is 2. The lowest BCUT2D eigenvalue weighted by Crippen LogP contribution is -2.32. The molecule has 1 saturated heterocycles. The van der Waals surface area contributed by atoms with Gasteiger partial charge in [-0.05, 0) is 92.6 Å². The summed E-state index contributed by atoms with van der Waals surface area (Å²) in [5, 5.41) is 7.05. The Morgan fingerprint density at radius 3 is 2.56 bits per heavy atom. The molecule has 1 amide bonds. The molecule has 8 nitrogen and oxygen atoms in total. The molecule has 210 valence electrons. The minimum absolute atomic E-state index is 0.0801. The first-order valence-electron chi connectivity index (χ1n) is 13.5. The van der Waals surface area contributed by atoms with E-state index < -0.39 is 0 Å². The highest BCUT2D eigenvalue weighted by Gasteiger charge is 2.41. The summed E-state index contributed by atoms with van der Waals surface area (Å²) in [6.07, 6.45) is 2.04. The summed E-state index contributed by atoms with van der Waals surface area (Å²) in [6.45, 7) is 6.53. The number of hydrogen-bond acceptors (Lipinski definition) is 5. The van der Waals surface area contributed by atoms with Gasteiger partial charge in [0, 0.05) is 41.9 Å². The Labute approximate surface area is 245 Å². The number of ether oxygens (including phenoxy) is 1. The lowest BCUT2D eigenvalue weighted by Gasteiger charge is -2.28. The van der Waals surface area contributed by atoms with Gasteiger partial charge in [-0.2, -0.15) is 0 Å². The second-order valence-corrected chi connectivity index (χ2v) is 10.6. The van der Waals surface area contributed by atoms with E-state index in [0.29, 0.717) is 17.2 Å². The predicted octanol–water partition coefficient (Wildman–Crippen LogP) is 5.59. The molecule has 1 fully saturated rings. The van der Waals surface area contributed by atoms with E-state index in [1.165, 1.54) is 7.11 Å². The monoisotopic (exact) mass is 567 g/mol. The van der Waals surface area contributed by atoms with E-state index >= 15 is 0 Å². The van der Waals surface area contributed by atoms with Crippen molar-refractivity contribution in [3.63, 3.8) is 0 Å². The molecule has 2 atom stereocenters. The number of esters is 1. The van der Waals surface area contributed by atoms with Crippen LogP contribution in [-0.4, -0.2) is 45.1 Å². The normalized spacial score (nSPS) is 16.4. The van der Waals surface area contributed by atoms with Crippen molar-refractivity contribution in [1.82, 2.24) is 19.8 Å². The van der Waals surface area contributed by atoms with Crippen LogP contribution in [0.25, 0.3) is 5.69 Å². The maximum Gasteiger partial charge on any atom is 0.337 e. The Morgan fingerprint density at radius 2 is 1.83 bits per heavy atom. The molecule has 2 N–H and O–H groups in total. The summed E-state index contributed by atoms with van der Waals surface area (Å²) in [7, 11) is 1.38. The van der Waals surface area contributed by atoms with Crippen LogP contribution in [0, 0.1) is 20.8 Å². The van der Waals surface area contributed by atoms with Gasteiger partial charge in [0.2, 0.25) is 5.91 Å². The van der Waals surface area contributed by atoms with Crippen molar-refractivity contribution in [3.8, 4) is 5.69 Å². The Morgan fingerprint density at radius 1 is 1.02 bits per heavy atom. The van der Waals surface area contributed by atoms with Crippen LogP contribution in [0.3, 0.4) is 0 Å². The van der Waals surface area contributed by atoms with E-state index in [0.717, 1.165) is 39.6 Å². The fraction of sp³-hybridized carbons (Fsp3) is 0.250. The maximum atomic E-state index is 12.9. The van der Waals surface area contributed by atoms with Crippen molar-refractivity contribution >= 4 is 34.9 Å². The van der Waals surface area contributed by atoms with Gasteiger partial charge in [-0.3, -0.25) is 9.78 Å². The van der Waals surface area contributed by atoms with Gasteiger partial charge in [-0.15, -0.1) is 0 Å². The fourth-order valence-electron chi connectivity index (χ4n) is 5.53. The second kappa shape index (κ2) is 11.9. The molecule has 9 heteroatoms. The summed E-state index contributed by atoms with van der Waals surface area (Å²) in [5.41, 5.74) is 7.15. The van der Waals surface area contributed by atoms with E-state index in [-0.39, 0.29) is 30.4 Å². The summed E-state index contributed by atoms with van der Waals surface area (Å²) in [5.74, 6) is -0.464. The summed E-state index contributed by atoms with van der Waals surface area (Å²) >= 11 is 5.83. The lowest BCUT2D eigenvalue weighted by atomic mass is 9.96. The van der Waals surface area contributed by atoms with E-state index in [9.17, 15) is 9.59 Å². The van der Waals surface area contributed by atoms with Crippen molar-refractivity contribution in [2.24, 2.45) is 0 Å². The Balaban J connectivity index is 1.48. The largest absolute Gasteiger partial charge is 0.465 e. The number of carbonyl (C=O) groups excluding carboxylic acids is 2. The van der Waals surface area contributed by atoms with Crippen LogP contribution in [-0.2, 0) is 9.53 Å². The molecule has 2 aromatic heterocycles. The third-order valence-electron chi connectivity index (χ3n) is 7.39. The molecule has 0 radical (unpaired) electrons. The first-order chi connectivity index (χ1) is 19.8. The molecule has 5 rings (SSSR count). The molecule has 0 spiro atoms. The molecular formula is C32H33N5O3S. The van der Waals surface area contributed by atoms with Crippen LogP contribution in [0.1, 0.15) is 57.1 Å². The van der Waals surface area contributed by atoms with Gasteiger partial charge in [-0.25, -0.2) is 4.79 Å². The highest BCUT2D eigenvalue weighted by atomic mass is 32.1. The average Bonchev–Trinajstić information content (AvgIpc) is 3.45. The number of pyridine rings is 1. The van der Waals surface area contributed by atoms with Crippen LogP contribution >= 0.6 is 12.2 Å². The number of rotatable bonds is 8. The number of nitrogens with zero attached hydrogens (tertiary/aromatic N) is 3.